The van der Waals surface area contributed by atoms with Gasteiger partial charge in [-0.2, -0.15) is 0 Å². The van der Waals surface area contributed by atoms with Crippen LogP contribution in [0.25, 0.3) is 10.4 Å². The molecule has 0 bridgehead atoms. The monoisotopic (exact) mass is 165 g/mol. The number of hydrogen-bond acceptors (Lipinski definition) is 1. The Kier molecular flexibility index (Phi) is 2.66. The van der Waals surface area contributed by atoms with E-state index in [9.17, 15) is 4.39 Å². The minimum atomic E-state index is -0.314. The third kappa shape index (κ3) is 1.97. The van der Waals surface area contributed by atoms with Crippen molar-refractivity contribution in [2.75, 3.05) is 0 Å². The highest BCUT2D eigenvalue weighted by Gasteiger charge is 2.02. The Hall–Kier alpha value is -1.54. The highest BCUT2D eigenvalue weighted by Crippen LogP contribution is 2.16. The molecule has 0 aliphatic carbocycles. The normalized spacial score (nSPS) is 11.8. The lowest BCUT2D eigenvalue weighted by Crippen LogP contribution is -1.88. The summed E-state index contributed by atoms with van der Waals surface area (Å²) in [5.41, 5.74) is 8.82. The molecule has 1 aromatic rings. The molecular weight excluding hydrogens is 157 g/mol. The molecule has 0 aromatic heterocycles. The van der Waals surface area contributed by atoms with Crippen molar-refractivity contribution < 1.29 is 4.39 Å². The second kappa shape index (κ2) is 3.74. The van der Waals surface area contributed by atoms with Gasteiger partial charge >= 0.3 is 0 Å². The first-order chi connectivity index (χ1) is 5.74. The van der Waals surface area contributed by atoms with Crippen molar-refractivity contribution in [1.82, 2.24) is 0 Å². The van der Waals surface area contributed by atoms with Crippen LogP contribution >= 0.6 is 0 Å². The molecule has 0 heterocycles. The van der Waals surface area contributed by atoms with Crippen LogP contribution in [-0.4, -0.2) is 0 Å². The molecule has 1 aromatic carbocycles. The van der Waals surface area contributed by atoms with Gasteiger partial charge in [0.25, 0.3) is 0 Å². The van der Waals surface area contributed by atoms with E-state index in [1.54, 1.807) is 19.1 Å². The van der Waals surface area contributed by atoms with Gasteiger partial charge in [0.05, 0.1) is 6.04 Å². The van der Waals surface area contributed by atoms with Gasteiger partial charge in [-0.3, -0.25) is 0 Å². The molecule has 4 heteroatoms. The largest absolute Gasteiger partial charge is 0.207 e. The summed E-state index contributed by atoms with van der Waals surface area (Å²) in [6, 6.07) is 5.72. The van der Waals surface area contributed by atoms with Crippen molar-refractivity contribution in [3.8, 4) is 0 Å². The van der Waals surface area contributed by atoms with E-state index in [-0.39, 0.29) is 11.9 Å². The second-order valence-electron chi connectivity index (χ2n) is 2.44. The molecule has 0 spiro atoms. The van der Waals surface area contributed by atoms with Gasteiger partial charge in [0, 0.05) is 4.91 Å². The lowest BCUT2D eigenvalue weighted by atomic mass is 10.1. The van der Waals surface area contributed by atoms with Gasteiger partial charge in [-0.1, -0.05) is 24.2 Å². The third-order valence-electron chi connectivity index (χ3n) is 1.56. The second-order valence-corrected chi connectivity index (χ2v) is 2.44. The van der Waals surface area contributed by atoms with Crippen molar-refractivity contribution in [3.63, 3.8) is 0 Å². The zero-order valence-electron chi connectivity index (χ0n) is 6.61. The molecule has 0 saturated heterocycles. The van der Waals surface area contributed by atoms with Gasteiger partial charge < -0.3 is 0 Å². The first kappa shape index (κ1) is 8.56. The van der Waals surface area contributed by atoms with E-state index < -0.39 is 0 Å². The van der Waals surface area contributed by atoms with E-state index in [1.807, 2.05) is 0 Å². The molecule has 0 radical (unpaired) electrons. The highest BCUT2D eigenvalue weighted by molar-refractivity contribution is 5.19. The Morgan fingerprint density at radius 3 is 2.92 bits per heavy atom. The maximum absolute atomic E-state index is 12.6. The van der Waals surface area contributed by atoms with Crippen molar-refractivity contribution in [3.05, 3.63) is 46.1 Å². The number of benzene rings is 1. The van der Waals surface area contributed by atoms with Crippen molar-refractivity contribution >= 4 is 0 Å². The molecule has 12 heavy (non-hydrogen) atoms. The summed E-state index contributed by atoms with van der Waals surface area (Å²) in [6.45, 7) is 1.72. The number of nitrogens with zero attached hydrogens (tertiary/aromatic N) is 3. The Bertz CT molecular complexity index is 318. The average Bonchev–Trinajstić information content (AvgIpc) is 2.05. The van der Waals surface area contributed by atoms with Gasteiger partial charge in [-0.25, -0.2) is 4.39 Å². The molecule has 0 amide bonds. The van der Waals surface area contributed by atoms with E-state index in [0.717, 1.165) is 0 Å². The average molecular weight is 165 g/mol. The van der Waals surface area contributed by atoms with Crippen LogP contribution in [-0.2, 0) is 0 Å². The van der Waals surface area contributed by atoms with E-state index in [2.05, 4.69) is 10.0 Å². The van der Waals surface area contributed by atoms with Gasteiger partial charge in [0.15, 0.2) is 0 Å². The van der Waals surface area contributed by atoms with Crippen LogP contribution in [0.5, 0.6) is 0 Å². The van der Waals surface area contributed by atoms with Crippen LogP contribution in [0.2, 0.25) is 0 Å². The minimum absolute atomic E-state index is 0.313. The van der Waals surface area contributed by atoms with Gasteiger partial charge in [-0.15, -0.1) is 0 Å². The quantitative estimate of drug-likeness (QED) is 0.367. The summed E-state index contributed by atoms with van der Waals surface area (Å²) in [6.07, 6.45) is 0. The molecule has 0 aliphatic rings. The molecule has 0 saturated carbocycles. The number of halogens is 1. The Labute approximate surface area is 69.5 Å². The number of rotatable bonds is 2. The summed E-state index contributed by atoms with van der Waals surface area (Å²) in [7, 11) is 0. The van der Waals surface area contributed by atoms with Crippen LogP contribution in [0.1, 0.15) is 18.5 Å². The summed E-state index contributed by atoms with van der Waals surface area (Å²) >= 11 is 0. The number of azide groups is 1. The van der Waals surface area contributed by atoms with Crippen LogP contribution < -0.4 is 0 Å². The third-order valence-corrected chi connectivity index (χ3v) is 1.56. The van der Waals surface area contributed by atoms with Crippen LogP contribution in [0, 0.1) is 5.82 Å². The van der Waals surface area contributed by atoms with Gasteiger partial charge in [-0.05, 0) is 23.2 Å². The van der Waals surface area contributed by atoms with Crippen LogP contribution in [0.3, 0.4) is 0 Å². The minimum Gasteiger partial charge on any atom is -0.207 e. The van der Waals surface area contributed by atoms with Crippen molar-refractivity contribution in [2.45, 2.75) is 13.0 Å². The van der Waals surface area contributed by atoms with Gasteiger partial charge in [0.2, 0.25) is 0 Å². The van der Waals surface area contributed by atoms with Crippen LogP contribution in [0.4, 0.5) is 4.39 Å². The zero-order valence-corrected chi connectivity index (χ0v) is 6.61. The van der Waals surface area contributed by atoms with Crippen LogP contribution in [0.15, 0.2) is 29.4 Å². The molecular formula is C8H8FN3. The molecule has 1 unspecified atom stereocenters. The maximum Gasteiger partial charge on any atom is 0.123 e. The molecule has 1 atom stereocenters. The predicted octanol–water partition coefficient (Wildman–Crippen LogP) is 3.20. The lowest BCUT2D eigenvalue weighted by molar-refractivity contribution is 0.622. The summed E-state index contributed by atoms with van der Waals surface area (Å²) in [5, 5.41) is 3.45. The smallest absolute Gasteiger partial charge is 0.123 e. The fraction of sp³-hybridized carbons (Fsp3) is 0.250. The molecule has 3 nitrogen and oxygen atoms in total. The summed E-state index contributed by atoms with van der Waals surface area (Å²) < 4.78 is 12.6. The standard InChI is InChI=1S/C8H8FN3/c1-6(11-12-10)7-3-2-4-8(9)5-7/h2-6H,1H3. The molecule has 62 valence electrons. The molecule has 0 N–H and O–H groups in total. The van der Waals surface area contributed by atoms with Crippen molar-refractivity contribution in [1.29, 1.82) is 0 Å². The Balaban J connectivity index is 2.94. The maximum atomic E-state index is 12.6. The Morgan fingerprint density at radius 1 is 1.58 bits per heavy atom. The van der Waals surface area contributed by atoms with Crippen molar-refractivity contribution in [2.24, 2.45) is 5.11 Å². The molecule has 0 fully saturated rings. The SMILES string of the molecule is CC(N=[N+]=[N-])c1cccc(F)c1. The first-order valence-electron chi connectivity index (χ1n) is 3.53. The van der Waals surface area contributed by atoms with E-state index in [4.69, 9.17) is 5.53 Å². The fourth-order valence-corrected chi connectivity index (χ4v) is 0.911. The van der Waals surface area contributed by atoms with E-state index in [0.29, 0.717) is 5.56 Å². The predicted molar refractivity (Wildman–Crippen MR) is 44.0 cm³/mol. The van der Waals surface area contributed by atoms with Gasteiger partial charge in [0.1, 0.15) is 5.82 Å². The summed E-state index contributed by atoms with van der Waals surface area (Å²) in [5.74, 6) is -0.313. The number of hydrogen-bond donors (Lipinski definition) is 0. The van der Waals surface area contributed by atoms with E-state index >= 15 is 0 Å². The zero-order chi connectivity index (χ0) is 8.97. The molecule has 1 rings (SSSR count). The lowest BCUT2D eigenvalue weighted by Gasteiger charge is -2.03. The Morgan fingerprint density at radius 2 is 2.33 bits per heavy atom. The topological polar surface area (TPSA) is 48.8 Å². The molecule has 0 aliphatic heterocycles. The first-order valence-corrected chi connectivity index (χ1v) is 3.53. The highest BCUT2D eigenvalue weighted by atomic mass is 19.1. The fourth-order valence-electron chi connectivity index (χ4n) is 0.911. The van der Waals surface area contributed by atoms with E-state index in [1.165, 1.54) is 12.1 Å². The summed E-state index contributed by atoms with van der Waals surface area (Å²) in [4.78, 5) is 2.64.